The van der Waals surface area contributed by atoms with E-state index >= 15 is 0 Å². The Morgan fingerprint density at radius 3 is 1.58 bits per heavy atom. The molecule has 4 heterocycles. The lowest BCUT2D eigenvalue weighted by Gasteiger charge is -2.51. The summed E-state index contributed by atoms with van der Waals surface area (Å²) in [5, 5.41) is 0. The highest BCUT2D eigenvalue weighted by atomic mass is 15.2. The number of fused-ring (bicyclic) bond motifs is 10. The standard InChI is InChI=1S/C43H31B2N3/c1-3-5-17-29(4-2)46-35-24-13-9-20-31(35)44-33-22-11-15-26-37(33)48-38-27-16-12-23-34(38)45-32-21-10-14-25-36(32)47(30-18-7-6-8-19-30)40-28-39(46)41(44)43(48)42(40)45/h3-28H,2H2,1H3/b5-3-,29-17+. The van der Waals surface area contributed by atoms with Crippen LogP contribution in [0.2, 0.25) is 0 Å². The van der Waals surface area contributed by atoms with Crippen LogP contribution in [0.1, 0.15) is 6.92 Å². The van der Waals surface area contributed by atoms with E-state index in [1.807, 2.05) is 6.08 Å². The van der Waals surface area contributed by atoms with Gasteiger partial charge in [0.05, 0.1) is 0 Å². The average Bonchev–Trinajstić information content (AvgIpc) is 3.15. The molecule has 6 aromatic carbocycles. The zero-order valence-corrected chi connectivity index (χ0v) is 26.7. The van der Waals surface area contributed by atoms with Gasteiger partial charge in [-0.25, -0.2) is 0 Å². The van der Waals surface area contributed by atoms with E-state index in [2.05, 4.69) is 180 Å². The van der Waals surface area contributed by atoms with Gasteiger partial charge in [0.15, 0.2) is 0 Å². The first-order valence-electron chi connectivity index (χ1n) is 16.8. The summed E-state index contributed by atoms with van der Waals surface area (Å²) in [5.41, 5.74) is 18.9. The molecule has 0 aliphatic carbocycles. The summed E-state index contributed by atoms with van der Waals surface area (Å²) >= 11 is 0. The van der Waals surface area contributed by atoms with E-state index in [-0.39, 0.29) is 13.4 Å². The van der Waals surface area contributed by atoms with Crippen LogP contribution >= 0.6 is 0 Å². The molecule has 5 heteroatoms. The minimum atomic E-state index is 0.0845. The maximum absolute atomic E-state index is 4.33. The maximum Gasteiger partial charge on any atom is 0.252 e. The fourth-order valence-corrected chi connectivity index (χ4v) is 8.74. The fraction of sp³-hybridized carbons (Fsp3) is 0.0233. The Labute approximate surface area is 282 Å². The summed E-state index contributed by atoms with van der Waals surface area (Å²) in [5.74, 6) is 0. The second-order valence-electron chi connectivity index (χ2n) is 12.9. The Morgan fingerprint density at radius 2 is 1.02 bits per heavy atom. The highest BCUT2D eigenvalue weighted by molar-refractivity contribution is 7.04. The fourth-order valence-electron chi connectivity index (χ4n) is 8.74. The van der Waals surface area contributed by atoms with Crippen LogP contribution in [0.15, 0.2) is 170 Å². The molecule has 0 amide bonds. The molecule has 0 fully saturated rings. The van der Waals surface area contributed by atoms with Crippen molar-refractivity contribution in [1.82, 2.24) is 0 Å². The SMILES string of the molecule is C=C/C(=C\C=C/C)N1c2ccccc2B2c3ccccc3N3c4ccccc4B4c5ccccc5N(c5ccccc5)c5cc1c2c3c54. The minimum Gasteiger partial charge on any atom is -0.312 e. The lowest BCUT2D eigenvalue weighted by atomic mass is 9.29. The van der Waals surface area contributed by atoms with Gasteiger partial charge in [0.1, 0.15) is 0 Å². The Morgan fingerprint density at radius 1 is 0.542 bits per heavy atom. The molecule has 4 aliphatic rings. The molecule has 0 radical (unpaired) electrons. The number of hydrogen-bond donors (Lipinski definition) is 0. The molecular weight excluding hydrogens is 580 g/mol. The normalized spacial score (nSPS) is 14.7. The van der Waals surface area contributed by atoms with Crippen molar-refractivity contribution in [3.8, 4) is 0 Å². The molecular formula is C43H31B2N3. The number of nitrogens with zero attached hydrogens (tertiary/aromatic N) is 3. The molecule has 4 aliphatic heterocycles. The molecule has 0 bridgehead atoms. The Kier molecular flexibility index (Phi) is 5.83. The lowest BCUT2D eigenvalue weighted by Crippen LogP contribution is -2.68. The van der Waals surface area contributed by atoms with E-state index < -0.39 is 0 Å². The summed E-state index contributed by atoms with van der Waals surface area (Å²) in [6, 6.07) is 49.4. The first-order valence-corrected chi connectivity index (χ1v) is 16.8. The molecule has 0 atom stereocenters. The zero-order chi connectivity index (χ0) is 31.9. The largest absolute Gasteiger partial charge is 0.312 e. The van der Waals surface area contributed by atoms with Gasteiger partial charge >= 0.3 is 0 Å². The van der Waals surface area contributed by atoms with Crippen LogP contribution in [0.25, 0.3) is 0 Å². The number of anilines is 8. The molecule has 0 unspecified atom stereocenters. The van der Waals surface area contributed by atoms with Crippen molar-refractivity contribution in [1.29, 1.82) is 0 Å². The predicted molar refractivity (Wildman–Crippen MR) is 207 cm³/mol. The predicted octanol–water partition coefficient (Wildman–Crippen LogP) is 6.70. The first-order chi connectivity index (χ1) is 23.8. The highest BCUT2D eigenvalue weighted by Gasteiger charge is 2.51. The van der Waals surface area contributed by atoms with Gasteiger partial charge in [-0.05, 0) is 94.3 Å². The molecule has 0 saturated heterocycles. The summed E-state index contributed by atoms with van der Waals surface area (Å²) in [6.07, 6.45) is 8.36. The quantitative estimate of drug-likeness (QED) is 0.162. The Bertz CT molecular complexity index is 2350. The van der Waals surface area contributed by atoms with Gasteiger partial charge in [0.2, 0.25) is 0 Å². The molecule has 0 saturated carbocycles. The number of allylic oxidation sites excluding steroid dienone is 4. The van der Waals surface area contributed by atoms with Crippen LogP contribution in [-0.2, 0) is 0 Å². The van der Waals surface area contributed by atoms with Gasteiger partial charge in [0, 0.05) is 51.2 Å². The lowest BCUT2D eigenvalue weighted by molar-refractivity contribution is 1.19. The van der Waals surface area contributed by atoms with E-state index in [1.54, 1.807) is 0 Å². The van der Waals surface area contributed by atoms with Gasteiger partial charge in [-0.15, -0.1) is 0 Å². The first kappa shape index (κ1) is 27.2. The number of para-hydroxylation sites is 5. The van der Waals surface area contributed by atoms with Gasteiger partial charge in [-0.2, -0.15) is 0 Å². The Hall–Kier alpha value is -5.93. The van der Waals surface area contributed by atoms with Crippen molar-refractivity contribution in [2.75, 3.05) is 14.7 Å². The summed E-state index contributed by atoms with van der Waals surface area (Å²) < 4.78 is 0. The molecule has 48 heavy (non-hydrogen) atoms. The van der Waals surface area contributed by atoms with E-state index in [4.69, 9.17) is 0 Å². The molecule has 3 nitrogen and oxygen atoms in total. The van der Waals surface area contributed by atoms with Crippen molar-refractivity contribution >= 4 is 91.7 Å². The number of benzene rings is 6. The molecule has 10 rings (SSSR count). The monoisotopic (exact) mass is 611 g/mol. The van der Waals surface area contributed by atoms with E-state index in [0.717, 1.165) is 11.4 Å². The van der Waals surface area contributed by atoms with Crippen molar-refractivity contribution in [2.24, 2.45) is 0 Å². The van der Waals surface area contributed by atoms with Gasteiger partial charge in [-0.3, -0.25) is 0 Å². The number of rotatable bonds is 4. The van der Waals surface area contributed by atoms with E-state index in [9.17, 15) is 0 Å². The molecule has 0 aromatic heterocycles. The van der Waals surface area contributed by atoms with E-state index in [1.165, 1.54) is 72.6 Å². The van der Waals surface area contributed by atoms with Crippen molar-refractivity contribution < 1.29 is 0 Å². The third-order valence-electron chi connectivity index (χ3n) is 10.5. The maximum atomic E-state index is 4.33. The smallest absolute Gasteiger partial charge is 0.252 e. The van der Waals surface area contributed by atoms with Crippen LogP contribution in [0.4, 0.5) is 45.5 Å². The molecule has 0 spiro atoms. The van der Waals surface area contributed by atoms with Gasteiger partial charge in [0.25, 0.3) is 13.4 Å². The Balaban J connectivity index is 1.41. The summed E-state index contributed by atoms with van der Waals surface area (Å²) in [7, 11) is 0. The van der Waals surface area contributed by atoms with Gasteiger partial charge in [-0.1, -0.05) is 110 Å². The second-order valence-corrected chi connectivity index (χ2v) is 12.9. The highest BCUT2D eigenvalue weighted by Crippen LogP contribution is 2.48. The zero-order valence-electron chi connectivity index (χ0n) is 26.7. The average molecular weight is 611 g/mol. The number of hydrogen-bond acceptors (Lipinski definition) is 3. The molecule has 0 N–H and O–H groups in total. The van der Waals surface area contributed by atoms with Crippen LogP contribution in [0.5, 0.6) is 0 Å². The molecule has 224 valence electrons. The van der Waals surface area contributed by atoms with Crippen molar-refractivity contribution in [3.63, 3.8) is 0 Å². The third kappa shape index (κ3) is 3.51. The van der Waals surface area contributed by atoms with E-state index in [0.29, 0.717) is 0 Å². The topological polar surface area (TPSA) is 9.72 Å². The van der Waals surface area contributed by atoms with Crippen molar-refractivity contribution in [2.45, 2.75) is 6.92 Å². The van der Waals surface area contributed by atoms with Crippen LogP contribution in [-0.4, -0.2) is 13.4 Å². The van der Waals surface area contributed by atoms with Gasteiger partial charge < -0.3 is 14.7 Å². The molecule has 6 aromatic rings. The van der Waals surface area contributed by atoms with Crippen LogP contribution < -0.4 is 47.5 Å². The third-order valence-corrected chi connectivity index (χ3v) is 10.5. The van der Waals surface area contributed by atoms with Crippen molar-refractivity contribution in [3.05, 3.63) is 170 Å². The summed E-state index contributed by atoms with van der Waals surface area (Å²) in [4.78, 5) is 7.50. The summed E-state index contributed by atoms with van der Waals surface area (Å²) in [6.45, 7) is 6.57. The second kappa shape index (κ2) is 10.3. The minimum absolute atomic E-state index is 0.0845. The van der Waals surface area contributed by atoms with Crippen LogP contribution in [0, 0.1) is 0 Å². The van der Waals surface area contributed by atoms with Crippen LogP contribution in [0.3, 0.4) is 0 Å².